The van der Waals surface area contributed by atoms with Gasteiger partial charge in [0.1, 0.15) is 11.6 Å². The average Bonchev–Trinajstić information content (AvgIpc) is 2.60. The summed E-state index contributed by atoms with van der Waals surface area (Å²) in [6.07, 6.45) is 0. The van der Waals surface area contributed by atoms with Crippen molar-refractivity contribution < 1.29 is 13.9 Å². The zero-order chi connectivity index (χ0) is 16.9. The molecule has 1 heterocycles. The molecule has 126 valence electrons. The van der Waals surface area contributed by atoms with Crippen LogP contribution in [-0.2, 0) is 4.79 Å². The van der Waals surface area contributed by atoms with Crippen LogP contribution in [0, 0.1) is 5.82 Å². The number of likely N-dealkylation sites (N-methyl/N-ethyl adjacent to an activating group) is 1. The van der Waals surface area contributed by atoms with Crippen LogP contribution in [0.4, 0.5) is 4.39 Å². The molecule has 0 spiro atoms. The Kier molecular flexibility index (Phi) is 5.11. The van der Waals surface area contributed by atoms with Gasteiger partial charge in [-0.25, -0.2) is 4.39 Å². The van der Waals surface area contributed by atoms with Crippen molar-refractivity contribution in [2.45, 2.75) is 6.04 Å². The first kappa shape index (κ1) is 16.5. The van der Waals surface area contributed by atoms with Gasteiger partial charge in [0.05, 0.1) is 6.04 Å². The minimum atomic E-state index is -0.373. The number of hydrogen-bond donors (Lipinski definition) is 0. The number of benzene rings is 2. The van der Waals surface area contributed by atoms with E-state index >= 15 is 0 Å². The minimum Gasteiger partial charge on any atom is -0.484 e. The number of halogens is 1. The number of hydrogen-bond acceptors (Lipinski definition) is 3. The van der Waals surface area contributed by atoms with E-state index in [1.54, 1.807) is 12.1 Å². The Morgan fingerprint density at radius 3 is 2.71 bits per heavy atom. The zero-order valence-electron chi connectivity index (χ0n) is 13.7. The fourth-order valence-electron chi connectivity index (χ4n) is 2.96. The number of rotatable bonds is 4. The second kappa shape index (κ2) is 7.45. The predicted octanol–water partition coefficient (Wildman–Crippen LogP) is 2.72. The molecule has 0 saturated carbocycles. The van der Waals surface area contributed by atoms with Crippen molar-refractivity contribution in [2.75, 3.05) is 33.3 Å². The number of carbonyl (C=O) groups excluding carboxylic acids is 1. The van der Waals surface area contributed by atoms with Gasteiger partial charge in [-0.05, 0) is 24.7 Å². The summed E-state index contributed by atoms with van der Waals surface area (Å²) >= 11 is 0. The SMILES string of the molecule is CN1CCN(C(=O)COc2cccc(F)c2)[C@H](c2ccccc2)C1. The molecule has 0 N–H and O–H groups in total. The van der Waals surface area contributed by atoms with Crippen molar-refractivity contribution in [1.29, 1.82) is 0 Å². The van der Waals surface area contributed by atoms with Gasteiger partial charge in [-0.3, -0.25) is 4.79 Å². The number of carbonyl (C=O) groups is 1. The Morgan fingerprint density at radius 1 is 1.17 bits per heavy atom. The molecule has 4 nitrogen and oxygen atoms in total. The van der Waals surface area contributed by atoms with Gasteiger partial charge in [0.15, 0.2) is 6.61 Å². The molecule has 1 atom stereocenters. The maximum Gasteiger partial charge on any atom is 0.261 e. The third-order valence-corrected chi connectivity index (χ3v) is 4.25. The Balaban J connectivity index is 1.69. The van der Waals surface area contributed by atoms with E-state index in [2.05, 4.69) is 11.9 Å². The molecule has 0 unspecified atom stereocenters. The molecule has 0 bridgehead atoms. The quantitative estimate of drug-likeness (QED) is 0.865. The molecule has 0 aromatic heterocycles. The molecule has 1 aliphatic rings. The fourth-order valence-corrected chi connectivity index (χ4v) is 2.96. The summed E-state index contributed by atoms with van der Waals surface area (Å²) in [5.74, 6) is -0.0864. The lowest BCUT2D eigenvalue weighted by molar-refractivity contribution is -0.138. The molecule has 24 heavy (non-hydrogen) atoms. The molecular weight excluding hydrogens is 307 g/mol. The first-order valence-corrected chi connectivity index (χ1v) is 8.05. The topological polar surface area (TPSA) is 32.8 Å². The summed E-state index contributed by atoms with van der Waals surface area (Å²) in [6, 6.07) is 15.9. The smallest absolute Gasteiger partial charge is 0.261 e. The van der Waals surface area contributed by atoms with E-state index in [4.69, 9.17) is 4.74 Å². The third kappa shape index (κ3) is 3.92. The van der Waals surface area contributed by atoms with Gasteiger partial charge in [-0.1, -0.05) is 36.4 Å². The lowest BCUT2D eigenvalue weighted by atomic mass is 10.0. The zero-order valence-corrected chi connectivity index (χ0v) is 13.7. The summed E-state index contributed by atoms with van der Waals surface area (Å²) in [5.41, 5.74) is 1.11. The molecular formula is C19H21FN2O2. The van der Waals surface area contributed by atoms with Gasteiger partial charge >= 0.3 is 0 Å². The van der Waals surface area contributed by atoms with Crippen LogP contribution < -0.4 is 4.74 Å². The maximum atomic E-state index is 13.2. The normalized spacial score (nSPS) is 18.4. The summed E-state index contributed by atoms with van der Waals surface area (Å²) in [6.45, 7) is 2.18. The molecule has 1 fully saturated rings. The van der Waals surface area contributed by atoms with Crippen LogP contribution in [0.3, 0.4) is 0 Å². The number of amides is 1. The molecule has 0 radical (unpaired) electrons. The highest BCUT2D eigenvalue weighted by Gasteiger charge is 2.30. The van der Waals surface area contributed by atoms with Crippen LogP contribution in [0.5, 0.6) is 5.75 Å². The number of ether oxygens (including phenoxy) is 1. The van der Waals surface area contributed by atoms with Crippen LogP contribution in [0.2, 0.25) is 0 Å². The highest BCUT2D eigenvalue weighted by atomic mass is 19.1. The molecule has 1 amide bonds. The van der Waals surface area contributed by atoms with Crippen molar-refractivity contribution in [3.8, 4) is 5.75 Å². The first-order chi connectivity index (χ1) is 11.6. The van der Waals surface area contributed by atoms with Gasteiger partial charge < -0.3 is 14.5 Å². The molecule has 5 heteroatoms. The Hall–Kier alpha value is -2.40. The van der Waals surface area contributed by atoms with Gasteiger partial charge in [0.25, 0.3) is 5.91 Å². The van der Waals surface area contributed by atoms with Gasteiger partial charge in [-0.15, -0.1) is 0 Å². The van der Waals surface area contributed by atoms with Crippen molar-refractivity contribution in [3.63, 3.8) is 0 Å². The van der Waals surface area contributed by atoms with Crippen LogP contribution in [-0.4, -0.2) is 49.0 Å². The fraction of sp³-hybridized carbons (Fsp3) is 0.316. The van der Waals surface area contributed by atoms with Crippen LogP contribution in [0.1, 0.15) is 11.6 Å². The predicted molar refractivity (Wildman–Crippen MR) is 90.3 cm³/mol. The standard InChI is InChI=1S/C19H21FN2O2/c1-21-10-11-22(18(13-21)15-6-3-2-4-7-15)19(23)14-24-17-9-5-8-16(20)12-17/h2-9,12,18H,10-11,13-14H2,1H3/t18-/m0/s1. The largest absolute Gasteiger partial charge is 0.484 e. The number of nitrogens with zero attached hydrogens (tertiary/aromatic N) is 2. The summed E-state index contributed by atoms with van der Waals surface area (Å²) in [7, 11) is 2.06. The monoisotopic (exact) mass is 328 g/mol. The van der Waals surface area contributed by atoms with Crippen LogP contribution in [0.25, 0.3) is 0 Å². The lowest BCUT2D eigenvalue weighted by Crippen LogP contribution is -2.50. The van der Waals surface area contributed by atoms with Gasteiger partial charge in [0.2, 0.25) is 0 Å². The number of piperazine rings is 1. The lowest BCUT2D eigenvalue weighted by Gasteiger charge is -2.40. The highest BCUT2D eigenvalue weighted by Crippen LogP contribution is 2.25. The molecule has 3 rings (SSSR count). The molecule has 0 aliphatic carbocycles. The van der Waals surface area contributed by atoms with Crippen molar-refractivity contribution in [1.82, 2.24) is 9.80 Å². The molecule has 1 saturated heterocycles. The summed E-state index contributed by atoms with van der Waals surface area (Å²) in [4.78, 5) is 16.7. The summed E-state index contributed by atoms with van der Waals surface area (Å²) in [5, 5.41) is 0. The van der Waals surface area contributed by atoms with Crippen LogP contribution >= 0.6 is 0 Å². The second-order valence-electron chi connectivity index (χ2n) is 6.02. The second-order valence-corrected chi connectivity index (χ2v) is 6.02. The minimum absolute atomic E-state index is 0.00793. The van der Waals surface area contributed by atoms with Crippen molar-refractivity contribution in [3.05, 3.63) is 66.0 Å². The van der Waals surface area contributed by atoms with E-state index < -0.39 is 0 Å². The molecule has 1 aliphatic heterocycles. The summed E-state index contributed by atoms with van der Waals surface area (Å²) < 4.78 is 18.7. The Bertz CT molecular complexity index is 693. The Labute approximate surface area is 141 Å². The van der Waals surface area contributed by atoms with E-state index in [0.717, 1.165) is 18.7 Å². The van der Waals surface area contributed by atoms with E-state index in [1.807, 2.05) is 35.2 Å². The van der Waals surface area contributed by atoms with Gasteiger partial charge in [-0.2, -0.15) is 0 Å². The highest BCUT2D eigenvalue weighted by molar-refractivity contribution is 5.78. The van der Waals surface area contributed by atoms with Crippen molar-refractivity contribution in [2.24, 2.45) is 0 Å². The maximum absolute atomic E-state index is 13.2. The molecule has 2 aromatic rings. The molecule has 2 aromatic carbocycles. The Morgan fingerprint density at radius 2 is 1.96 bits per heavy atom. The van der Waals surface area contributed by atoms with E-state index in [9.17, 15) is 9.18 Å². The van der Waals surface area contributed by atoms with E-state index in [0.29, 0.717) is 12.3 Å². The first-order valence-electron chi connectivity index (χ1n) is 8.05. The van der Waals surface area contributed by atoms with Gasteiger partial charge in [0, 0.05) is 25.7 Å². The van der Waals surface area contributed by atoms with E-state index in [-0.39, 0.29) is 24.4 Å². The van der Waals surface area contributed by atoms with Crippen molar-refractivity contribution >= 4 is 5.91 Å². The van der Waals surface area contributed by atoms with Crippen LogP contribution in [0.15, 0.2) is 54.6 Å². The third-order valence-electron chi connectivity index (χ3n) is 4.25. The van der Waals surface area contributed by atoms with E-state index in [1.165, 1.54) is 12.1 Å². The average molecular weight is 328 g/mol.